The van der Waals surface area contributed by atoms with Gasteiger partial charge in [-0.2, -0.15) is 0 Å². The molecular formula is C17H23ClN2. The van der Waals surface area contributed by atoms with Crippen molar-refractivity contribution < 1.29 is 0 Å². The fraction of sp³-hybridized carbons (Fsp3) is 0.471. The molecule has 0 atom stereocenters. The van der Waals surface area contributed by atoms with Crippen LogP contribution in [0, 0.1) is 5.92 Å². The minimum absolute atomic E-state index is 0.426. The average Bonchev–Trinajstić information content (AvgIpc) is 2.43. The molecule has 3 heteroatoms. The molecule has 0 unspecified atom stereocenters. The van der Waals surface area contributed by atoms with Crippen molar-refractivity contribution in [2.75, 3.05) is 11.4 Å². The maximum Gasteiger partial charge on any atom is 0.136 e. The Morgan fingerprint density at radius 2 is 1.75 bits per heavy atom. The molecule has 0 saturated heterocycles. The normalized spacial score (nSPS) is 11.6. The van der Waals surface area contributed by atoms with Crippen molar-refractivity contribution in [1.29, 1.82) is 0 Å². The summed E-state index contributed by atoms with van der Waals surface area (Å²) in [5.74, 6) is 2.17. The van der Waals surface area contributed by atoms with E-state index in [1.165, 1.54) is 10.8 Å². The quantitative estimate of drug-likeness (QED) is 0.732. The number of pyridine rings is 1. The van der Waals surface area contributed by atoms with Crippen molar-refractivity contribution in [3.63, 3.8) is 0 Å². The average molecular weight is 291 g/mol. The van der Waals surface area contributed by atoms with E-state index in [2.05, 4.69) is 56.9 Å². The van der Waals surface area contributed by atoms with Gasteiger partial charge in [0.05, 0.1) is 0 Å². The molecule has 2 aromatic rings. The van der Waals surface area contributed by atoms with Crippen molar-refractivity contribution in [2.45, 2.75) is 39.6 Å². The van der Waals surface area contributed by atoms with Crippen LogP contribution in [-0.4, -0.2) is 17.6 Å². The zero-order valence-corrected chi connectivity index (χ0v) is 13.5. The molecular weight excluding hydrogens is 268 g/mol. The lowest BCUT2D eigenvalue weighted by atomic mass is 10.1. The molecule has 2 rings (SSSR count). The second-order valence-electron chi connectivity index (χ2n) is 5.93. The van der Waals surface area contributed by atoms with E-state index in [-0.39, 0.29) is 0 Å². The predicted molar refractivity (Wildman–Crippen MR) is 88.6 cm³/mol. The van der Waals surface area contributed by atoms with E-state index < -0.39 is 0 Å². The predicted octanol–water partition coefficient (Wildman–Crippen LogP) is 4.84. The first kappa shape index (κ1) is 15.1. The van der Waals surface area contributed by atoms with Gasteiger partial charge in [-0.15, -0.1) is 11.6 Å². The van der Waals surface area contributed by atoms with Crippen LogP contribution in [0.3, 0.4) is 0 Å². The van der Waals surface area contributed by atoms with Crippen LogP contribution in [0.5, 0.6) is 0 Å². The Hall–Kier alpha value is -1.28. The Kier molecular flexibility index (Phi) is 4.87. The van der Waals surface area contributed by atoms with E-state index in [9.17, 15) is 0 Å². The van der Waals surface area contributed by atoms with Crippen LogP contribution in [0.2, 0.25) is 0 Å². The molecule has 0 bridgehead atoms. The van der Waals surface area contributed by atoms with Crippen LogP contribution >= 0.6 is 11.6 Å². The largest absolute Gasteiger partial charge is 0.353 e. The zero-order valence-electron chi connectivity index (χ0n) is 12.7. The maximum atomic E-state index is 6.03. The summed E-state index contributed by atoms with van der Waals surface area (Å²) < 4.78 is 0. The highest BCUT2D eigenvalue weighted by Gasteiger charge is 2.17. The van der Waals surface area contributed by atoms with Crippen LogP contribution in [0.25, 0.3) is 10.8 Å². The minimum atomic E-state index is 0.426. The lowest BCUT2D eigenvalue weighted by molar-refractivity contribution is 0.567. The second-order valence-corrected chi connectivity index (χ2v) is 6.19. The highest BCUT2D eigenvalue weighted by Crippen LogP contribution is 2.29. The molecule has 0 aliphatic rings. The van der Waals surface area contributed by atoms with Crippen molar-refractivity contribution in [3.8, 4) is 0 Å². The molecule has 20 heavy (non-hydrogen) atoms. The van der Waals surface area contributed by atoms with Gasteiger partial charge in [-0.25, -0.2) is 4.98 Å². The first-order valence-corrected chi connectivity index (χ1v) is 7.77. The lowest BCUT2D eigenvalue weighted by Crippen LogP contribution is -2.35. The van der Waals surface area contributed by atoms with Crippen molar-refractivity contribution in [1.82, 2.24) is 4.98 Å². The van der Waals surface area contributed by atoms with Crippen LogP contribution in [0.15, 0.2) is 30.5 Å². The van der Waals surface area contributed by atoms with Crippen LogP contribution in [0.1, 0.15) is 33.3 Å². The Labute approximate surface area is 126 Å². The number of hydrogen-bond donors (Lipinski definition) is 0. The first-order valence-electron chi connectivity index (χ1n) is 7.23. The van der Waals surface area contributed by atoms with E-state index in [0.717, 1.165) is 17.9 Å². The summed E-state index contributed by atoms with van der Waals surface area (Å²) in [6.07, 6.45) is 1.92. The SMILES string of the molecule is CC(C)CN(c1ncc(CCl)c2ccccc12)C(C)C. The van der Waals surface area contributed by atoms with Gasteiger partial charge in [-0.3, -0.25) is 0 Å². The molecule has 2 nitrogen and oxygen atoms in total. The fourth-order valence-electron chi connectivity index (χ4n) is 2.51. The van der Waals surface area contributed by atoms with Crippen molar-refractivity contribution in [3.05, 3.63) is 36.0 Å². The van der Waals surface area contributed by atoms with Crippen molar-refractivity contribution in [2.24, 2.45) is 5.92 Å². The number of hydrogen-bond acceptors (Lipinski definition) is 2. The highest BCUT2D eigenvalue weighted by molar-refractivity contribution is 6.18. The third kappa shape index (κ3) is 3.06. The standard InChI is InChI=1S/C17H23ClN2/c1-12(2)11-20(13(3)4)17-16-8-6-5-7-15(16)14(9-18)10-19-17/h5-8,10,12-13H,9,11H2,1-4H3. The molecule has 0 amide bonds. The number of halogens is 1. The van der Waals surface area contributed by atoms with E-state index in [1.54, 1.807) is 0 Å². The Bertz CT molecular complexity index is 578. The molecule has 108 valence electrons. The molecule has 0 spiro atoms. The first-order chi connectivity index (χ1) is 9.54. The number of anilines is 1. The van der Waals surface area contributed by atoms with E-state index in [1.807, 2.05) is 6.20 Å². The van der Waals surface area contributed by atoms with Crippen molar-refractivity contribution >= 4 is 28.2 Å². The zero-order chi connectivity index (χ0) is 14.7. The third-order valence-corrected chi connectivity index (χ3v) is 3.75. The van der Waals surface area contributed by atoms with Gasteiger partial charge in [0.25, 0.3) is 0 Å². The number of rotatable bonds is 5. The summed E-state index contributed by atoms with van der Waals surface area (Å²) in [6, 6.07) is 8.83. The summed E-state index contributed by atoms with van der Waals surface area (Å²) in [6.45, 7) is 9.92. The van der Waals surface area contributed by atoms with E-state index >= 15 is 0 Å². The van der Waals surface area contributed by atoms with Gasteiger partial charge in [-0.05, 0) is 30.7 Å². The summed E-state index contributed by atoms with van der Waals surface area (Å²) in [7, 11) is 0. The molecule has 0 aliphatic heterocycles. The molecule has 0 fully saturated rings. The summed E-state index contributed by atoms with van der Waals surface area (Å²) in [5.41, 5.74) is 1.10. The second kappa shape index (κ2) is 6.45. The van der Waals surface area contributed by atoms with E-state index in [0.29, 0.717) is 17.8 Å². The van der Waals surface area contributed by atoms with Gasteiger partial charge in [0.2, 0.25) is 0 Å². The van der Waals surface area contributed by atoms with E-state index in [4.69, 9.17) is 16.6 Å². The van der Waals surface area contributed by atoms with Gasteiger partial charge in [0.15, 0.2) is 0 Å². The Morgan fingerprint density at radius 3 is 2.30 bits per heavy atom. The molecule has 0 radical (unpaired) electrons. The number of aromatic nitrogens is 1. The summed E-state index contributed by atoms with van der Waals surface area (Å²) in [4.78, 5) is 7.07. The van der Waals surface area contributed by atoms with Crippen LogP contribution in [-0.2, 0) is 5.88 Å². The Balaban J connectivity index is 2.58. The topological polar surface area (TPSA) is 16.1 Å². The number of fused-ring (bicyclic) bond motifs is 1. The smallest absolute Gasteiger partial charge is 0.136 e. The Morgan fingerprint density at radius 1 is 1.10 bits per heavy atom. The van der Waals surface area contributed by atoms with Gasteiger partial charge in [0.1, 0.15) is 5.82 Å². The summed E-state index contributed by atoms with van der Waals surface area (Å²) in [5, 5.41) is 2.40. The molecule has 1 aromatic heterocycles. The number of nitrogens with zero attached hydrogens (tertiary/aromatic N) is 2. The van der Waals surface area contributed by atoms with Gasteiger partial charge in [-0.1, -0.05) is 38.1 Å². The lowest BCUT2D eigenvalue weighted by Gasteiger charge is -2.31. The third-order valence-electron chi connectivity index (χ3n) is 3.46. The number of benzene rings is 1. The monoisotopic (exact) mass is 290 g/mol. The van der Waals surface area contributed by atoms with Crippen LogP contribution < -0.4 is 4.90 Å². The molecule has 0 saturated carbocycles. The minimum Gasteiger partial charge on any atom is -0.353 e. The maximum absolute atomic E-state index is 6.03. The number of alkyl halides is 1. The fourth-order valence-corrected chi connectivity index (χ4v) is 2.72. The van der Waals surface area contributed by atoms with Crippen LogP contribution in [0.4, 0.5) is 5.82 Å². The highest BCUT2D eigenvalue weighted by atomic mass is 35.5. The van der Waals surface area contributed by atoms with Gasteiger partial charge in [0, 0.05) is 30.0 Å². The van der Waals surface area contributed by atoms with Gasteiger partial charge >= 0.3 is 0 Å². The molecule has 1 aromatic carbocycles. The van der Waals surface area contributed by atoms with Gasteiger partial charge < -0.3 is 4.90 Å². The molecule has 0 aliphatic carbocycles. The molecule has 0 N–H and O–H groups in total. The molecule has 1 heterocycles. The summed E-state index contributed by atoms with van der Waals surface area (Å²) >= 11 is 6.03.